The number of aromatic nitrogens is 2. The molecule has 3 aromatic carbocycles. The second-order valence-corrected chi connectivity index (χ2v) is 8.18. The van der Waals surface area contributed by atoms with Crippen molar-refractivity contribution in [2.45, 2.75) is 19.8 Å². The molecule has 5 aromatic rings. The van der Waals surface area contributed by atoms with Gasteiger partial charge in [-0.05, 0) is 60.0 Å². The van der Waals surface area contributed by atoms with Crippen LogP contribution in [-0.4, -0.2) is 9.97 Å². The van der Waals surface area contributed by atoms with Gasteiger partial charge in [-0.2, -0.15) is 0 Å². The van der Waals surface area contributed by atoms with Crippen molar-refractivity contribution in [2.24, 2.45) is 0 Å². The van der Waals surface area contributed by atoms with Gasteiger partial charge < -0.3 is 14.1 Å². The van der Waals surface area contributed by atoms with Crippen LogP contribution in [0.2, 0.25) is 0 Å². The Morgan fingerprint density at radius 3 is 2.19 bits per heavy atom. The van der Waals surface area contributed by atoms with Gasteiger partial charge in [-0.15, -0.1) is 0 Å². The summed E-state index contributed by atoms with van der Waals surface area (Å²) in [5.74, 6) is 2.59. The summed E-state index contributed by atoms with van der Waals surface area (Å²) in [5.41, 5.74) is 6.45. The van der Waals surface area contributed by atoms with Gasteiger partial charge in [0.1, 0.15) is 11.2 Å². The molecule has 5 nitrogen and oxygen atoms in total. The normalized spacial score (nSPS) is 12.5. The van der Waals surface area contributed by atoms with Crippen LogP contribution >= 0.6 is 0 Å². The lowest BCUT2D eigenvalue weighted by Gasteiger charge is -2.32. The van der Waals surface area contributed by atoms with Crippen LogP contribution in [0, 0.1) is 0 Å². The number of ether oxygens (including phenoxy) is 1. The molecular weight excluding hydrogens is 398 g/mol. The van der Waals surface area contributed by atoms with Crippen molar-refractivity contribution in [3.05, 3.63) is 90.6 Å². The van der Waals surface area contributed by atoms with Crippen LogP contribution in [0.4, 0.5) is 17.1 Å². The molecule has 0 amide bonds. The molecular formula is C27H21N3O2. The number of nitrogens with zero attached hydrogens (tertiary/aromatic N) is 3. The lowest BCUT2D eigenvalue weighted by atomic mass is 10.0. The molecule has 0 unspecified atom stereocenters. The summed E-state index contributed by atoms with van der Waals surface area (Å²) < 4.78 is 12.1. The zero-order chi connectivity index (χ0) is 21.7. The maximum Gasteiger partial charge on any atom is 0.246 e. The molecule has 0 bridgehead atoms. The minimum atomic E-state index is 0.435. The molecule has 32 heavy (non-hydrogen) atoms. The Kier molecular flexibility index (Phi) is 4.21. The molecule has 0 saturated heterocycles. The van der Waals surface area contributed by atoms with Crippen LogP contribution in [0.1, 0.15) is 25.3 Å². The third-order valence-electron chi connectivity index (χ3n) is 5.74. The van der Waals surface area contributed by atoms with E-state index in [0.29, 0.717) is 17.5 Å². The van der Waals surface area contributed by atoms with Crippen LogP contribution in [0.5, 0.6) is 11.5 Å². The molecule has 0 aliphatic carbocycles. The first-order chi connectivity index (χ1) is 15.7. The topological polar surface area (TPSA) is 51.4 Å². The Hall–Kier alpha value is -4.12. The van der Waals surface area contributed by atoms with E-state index < -0.39 is 0 Å². The molecule has 1 aliphatic heterocycles. The van der Waals surface area contributed by atoms with Gasteiger partial charge in [0.2, 0.25) is 5.89 Å². The third-order valence-corrected chi connectivity index (χ3v) is 5.74. The fourth-order valence-electron chi connectivity index (χ4n) is 4.04. The smallest absolute Gasteiger partial charge is 0.246 e. The van der Waals surface area contributed by atoms with Gasteiger partial charge in [-0.25, -0.2) is 9.97 Å². The number of hydrogen-bond donors (Lipinski definition) is 0. The number of oxazole rings is 1. The van der Waals surface area contributed by atoms with Gasteiger partial charge in [-0.1, -0.05) is 44.2 Å². The van der Waals surface area contributed by atoms with Crippen LogP contribution in [0.3, 0.4) is 0 Å². The second kappa shape index (κ2) is 7.24. The number of fused-ring (bicyclic) bond motifs is 3. The fourth-order valence-corrected chi connectivity index (χ4v) is 4.04. The summed E-state index contributed by atoms with van der Waals surface area (Å²) in [4.78, 5) is 11.5. The number of hydrogen-bond acceptors (Lipinski definition) is 5. The average Bonchev–Trinajstić information content (AvgIpc) is 3.26. The second-order valence-electron chi connectivity index (χ2n) is 8.18. The summed E-state index contributed by atoms with van der Waals surface area (Å²) in [7, 11) is 0. The summed E-state index contributed by atoms with van der Waals surface area (Å²) in [6, 6.07) is 26.2. The summed E-state index contributed by atoms with van der Waals surface area (Å²) in [5, 5.41) is 0. The predicted octanol–water partition coefficient (Wildman–Crippen LogP) is 7.59. The zero-order valence-corrected chi connectivity index (χ0v) is 17.8. The van der Waals surface area contributed by atoms with Crippen LogP contribution in [-0.2, 0) is 0 Å². The highest BCUT2D eigenvalue weighted by Gasteiger charge is 2.25. The fraction of sp³-hybridized carbons (Fsp3) is 0.111. The first-order valence-electron chi connectivity index (χ1n) is 10.7. The monoisotopic (exact) mass is 419 g/mol. The first-order valence-corrected chi connectivity index (χ1v) is 10.7. The maximum atomic E-state index is 6.10. The predicted molar refractivity (Wildman–Crippen MR) is 126 cm³/mol. The summed E-state index contributed by atoms with van der Waals surface area (Å²) >= 11 is 0. The highest BCUT2D eigenvalue weighted by atomic mass is 16.5. The summed E-state index contributed by atoms with van der Waals surface area (Å²) in [6.45, 7) is 4.33. The van der Waals surface area contributed by atoms with E-state index in [0.717, 1.165) is 39.7 Å². The molecule has 0 saturated carbocycles. The highest BCUT2D eigenvalue weighted by Crippen LogP contribution is 2.49. The lowest BCUT2D eigenvalue weighted by Crippen LogP contribution is -2.15. The van der Waals surface area contributed by atoms with Crippen molar-refractivity contribution in [1.29, 1.82) is 0 Å². The number of para-hydroxylation sites is 4. The quantitative estimate of drug-likeness (QED) is 0.296. The van der Waals surface area contributed by atoms with Crippen molar-refractivity contribution in [2.75, 3.05) is 4.90 Å². The van der Waals surface area contributed by atoms with E-state index in [9.17, 15) is 0 Å². The average molecular weight is 419 g/mol. The highest BCUT2D eigenvalue weighted by molar-refractivity contribution is 5.86. The number of rotatable bonds is 3. The standard InChI is InChI=1S/C27H21N3O2/c1-17(2)18-11-13-20-26(15-18)32-27(29-20)21-14-12-19(16-28-21)30-22-7-3-5-9-24(22)31-25-10-6-4-8-23(25)30/h3-17H,1-2H3. The molecule has 156 valence electrons. The molecule has 0 N–H and O–H groups in total. The lowest BCUT2D eigenvalue weighted by molar-refractivity contribution is 0.477. The molecule has 6 rings (SSSR count). The van der Waals surface area contributed by atoms with E-state index in [1.165, 1.54) is 5.56 Å². The molecule has 2 aromatic heterocycles. The van der Waals surface area contributed by atoms with Crippen molar-refractivity contribution < 1.29 is 9.15 Å². The molecule has 0 radical (unpaired) electrons. The van der Waals surface area contributed by atoms with Crippen molar-refractivity contribution in [3.63, 3.8) is 0 Å². The minimum absolute atomic E-state index is 0.435. The molecule has 1 aliphatic rings. The van der Waals surface area contributed by atoms with E-state index in [4.69, 9.17) is 9.15 Å². The van der Waals surface area contributed by atoms with Gasteiger partial charge >= 0.3 is 0 Å². The molecule has 3 heterocycles. The SMILES string of the molecule is CC(C)c1ccc2nc(-c3ccc(N4c5ccccc5Oc5ccccc54)cn3)oc2c1. The Morgan fingerprint density at radius 1 is 0.812 bits per heavy atom. The van der Waals surface area contributed by atoms with Crippen molar-refractivity contribution in [3.8, 4) is 23.1 Å². The van der Waals surface area contributed by atoms with Crippen molar-refractivity contribution >= 4 is 28.2 Å². The van der Waals surface area contributed by atoms with Gasteiger partial charge in [0.15, 0.2) is 17.1 Å². The first kappa shape index (κ1) is 18.6. The molecule has 0 atom stereocenters. The van der Waals surface area contributed by atoms with Crippen LogP contribution in [0.15, 0.2) is 89.5 Å². The number of pyridine rings is 1. The van der Waals surface area contributed by atoms with Crippen LogP contribution in [0.25, 0.3) is 22.7 Å². The Labute approximate surface area is 185 Å². The van der Waals surface area contributed by atoms with Gasteiger partial charge in [0, 0.05) is 0 Å². The van der Waals surface area contributed by atoms with Gasteiger partial charge in [0.05, 0.1) is 23.3 Å². The van der Waals surface area contributed by atoms with Crippen LogP contribution < -0.4 is 9.64 Å². The van der Waals surface area contributed by atoms with Gasteiger partial charge in [-0.3, -0.25) is 0 Å². The van der Waals surface area contributed by atoms with E-state index in [1.54, 1.807) is 0 Å². The van der Waals surface area contributed by atoms with Gasteiger partial charge in [0.25, 0.3) is 0 Å². The molecule has 5 heteroatoms. The molecule has 0 fully saturated rings. The van der Waals surface area contributed by atoms with E-state index in [1.807, 2.05) is 72.9 Å². The zero-order valence-electron chi connectivity index (χ0n) is 17.8. The van der Waals surface area contributed by atoms with E-state index in [2.05, 4.69) is 40.8 Å². The number of anilines is 3. The molecule has 0 spiro atoms. The Bertz CT molecular complexity index is 1390. The van der Waals surface area contributed by atoms with E-state index >= 15 is 0 Å². The Balaban J connectivity index is 1.40. The Morgan fingerprint density at radius 2 is 1.53 bits per heavy atom. The third kappa shape index (κ3) is 3.02. The van der Waals surface area contributed by atoms with E-state index in [-0.39, 0.29) is 0 Å². The minimum Gasteiger partial charge on any atom is -0.453 e. The van der Waals surface area contributed by atoms with Crippen molar-refractivity contribution in [1.82, 2.24) is 9.97 Å². The largest absolute Gasteiger partial charge is 0.453 e. The number of benzene rings is 3. The summed E-state index contributed by atoms with van der Waals surface area (Å²) in [6.07, 6.45) is 1.85. The maximum absolute atomic E-state index is 6.10.